The average Bonchev–Trinajstić information content (AvgIpc) is 2.86. The second-order valence-corrected chi connectivity index (χ2v) is 15.9. The highest BCUT2D eigenvalue weighted by atomic mass is 16.1. The predicted octanol–water partition coefficient (Wildman–Crippen LogP) is 8.32. The lowest BCUT2D eigenvalue weighted by Crippen LogP contribution is -2.65. The van der Waals surface area contributed by atoms with Gasteiger partial charge in [-0.25, -0.2) is 4.85 Å². The summed E-state index contributed by atoms with van der Waals surface area (Å²) in [5, 5.41) is 0. The summed E-state index contributed by atoms with van der Waals surface area (Å²) in [4.78, 5) is 45.5. The van der Waals surface area contributed by atoms with Crippen molar-refractivity contribution >= 4 is 17.3 Å². The van der Waals surface area contributed by atoms with Crippen molar-refractivity contribution in [1.82, 2.24) is 0 Å². The van der Waals surface area contributed by atoms with Crippen LogP contribution in [0.2, 0.25) is 0 Å². The number of nitrogens with zero attached hydrogens (tertiary/aromatic N) is 1. The van der Waals surface area contributed by atoms with Crippen molar-refractivity contribution in [3.05, 3.63) is 34.8 Å². The second kappa shape index (κ2) is 8.74. The Bertz CT molecular complexity index is 1230. The minimum Gasteiger partial charge on any atom is -0.307 e. The smallest absolute Gasteiger partial charge is 0.226 e. The van der Waals surface area contributed by atoms with Crippen LogP contribution in [0.25, 0.3) is 4.85 Å². The lowest BCUT2D eigenvalue weighted by molar-refractivity contribution is -0.177. The van der Waals surface area contributed by atoms with E-state index in [9.17, 15) is 14.4 Å². The molecule has 0 radical (unpaired) electrons. The Morgan fingerprint density at radius 2 is 1.67 bits per heavy atom. The molecule has 0 unspecified atom stereocenters. The molecule has 4 nitrogen and oxygen atoms in total. The van der Waals surface area contributed by atoms with Gasteiger partial charge in [0, 0.05) is 28.6 Å². The van der Waals surface area contributed by atoms with Crippen molar-refractivity contribution in [1.29, 1.82) is 0 Å². The quantitative estimate of drug-likeness (QED) is 0.343. The number of Topliss-reactive ketones (excluding diaryl/α,β-unsaturated/α-hetero) is 2. The van der Waals surface area contributed by atoms with Crippen molar-refractivity contribution in [2.24, 2.45) is 50.2 Å². The number of hydrogen-bond donors (Lipinski definition) is 0. The van der Waals surface area contributed by atoms with Crippen LogP contribution in [0.3, 0.4) is 0 Å². The van der Waals surface area contributed by atoms with Gasteiger partial charge in [-0.15, -0.1) is 0 Å². The number of allylic oxidation sites excluding steroid dienone is 4. The fourth-order valence-electron chi connectivity index (χ4n) is 10.7. The molecule has 0 aromatic rings. The van der Waals surface area contributed by atoms with Gasteiger partial charge in [-0.3, -0.25) is 9.59 Å². The van der Waals surface area contributed by atoms with E-state index >= 15 is 0 Å². The molecule has 0 N–H and O–H groups in total. The number of hydrogen-bond acceptors (Lipinski definition) is 3. The van der Waals surface area contributed by atoms with Crippen LogP contribution in [-0.4, -0.2) is 17.3 Å². The van der Waals surface area contributed by atoms with Gasteiger partial charge in [-0.1, -0.05) is 73.5 Å². The molecule has 39 heavy (non-hydrogen) atoms. The van der Waals surface area contributed by atoms with E-state index in [0.717, 1.165) is 63.4 Å². The zero-order valence-electron chi connectivity index (χ0n) is 25.6. The summed E-state index contributed by atoms with van der Waals surface area (Å²) in [6.45, 7) is 25.5. The van der Waals surface area contributed by atoms with Crippen LogP contribution in [0.15, 0.2) is 23.4 Å². The van der Waals surface area contributed by atoms with Crippen molar-refractivity contribution in [3.63, 3.8) is 0 Å². The molecule has 7 atom stereocenters. The van der Waals surface area contributed by atoms with Gasteiger partial charge in [-0.2, -0.15) is 0 Å². The van der Waals surface area contributed by atoms with E-state index in [4.69, 9.17) is 6.57 Å². The fourth-order valence-corrected chi connectivity index (χ4v) is 10.7. The number of fused-ring (bicyclic) bond motifs is 7. The van der Waals surface area contributed by atoms with Crippen molar-refractivity contribution in [2.45, 2.75) is 120 Å². The number of ketones is 3. The Morgan fingerprint density at radius 3 is 2.31 bits per heavy atom. The number of rotatable bonds is 4. The average molecular weight is 532 g/mol. The molecule has 3 fully saturated rings. The molecular formula is C35H49NO3. The van der Waals surface area contributed by atoms with Gasteiger partial charge in [0.05, 0.1) is 6.57 Å². The largest absolute Gasteiger partial charge is 0.307 e. The molecule has 4 heteroatoms. The molecule has 5 aliphatic carbocycles. The topological polar surface area (TPSA) is 55.6 Å². The van der Waals surface area contributed by atoms with Gasteiger partial charge in [0.1, 0.15) is 5.78 Å². The van der Waals surface area contributed by atoms with Crippen molar-refractivity contribution < 1.29 is 14.4 Å². The Hall–Kier alpha value is -2.02. The highest BCUT2D eigenvalue weighted by Gasteiger charge is 2.70. The molecule has 0 aromatic carbocycles. The molecule has 0 heterocycles. The number of carbonyl (C=O) groups excluding carboxylic acids is 3. The summed E-state index contributed by atoms with van der Waals surface area (Å²) >= 11 is 0. The first-order valence-corrected chi connectivity index (χ1v) is 15.5. The zero-order valence-corrected chi connectivity index (χ0v) is 25.6. The lowest BCUT2D eigenvalue weighted by atomic mass is 9.34. The molecule has 5 rings (SSSR count). The van der Waals surface area contributed by atoms with Gasteiger partial charge >= 0.3 is 0 Å². The molecule has 0 aromatic heterocycles. The van der Waals surface area contributed by atoms with E-state index in [0.29, 0.717) is 12.2 Å². The Labute approximate surface area is 236 Å². The molecule has 0 aliphatic heterocycles. The third-order valence-electron chi connectivity index (χ3n) is 13.2. The second-order valence-electron chi connectivity index (χ2n) is 15.9. The number of carbonyl (C=O) groups is 3. The monoisotopic (exact) mass is 531 g/mol. The van der Waals surface area contributed by atoms with Gasteiger partial charge in [0.2, 0.25) is 5.70 Å². The van der Waals surface area contributed by atoms with Crippen LogP contribution in [0.1, 0.15) is 120 Å². The molecule has 3 saturated carbocycles. The highest BCUT2D eigenvalue weighted by molar-refractivity contribution is 6.03. The molecule has 0 saturated heterocycles. The fraction of sp³-hybridized carbons (Fsp3) is 0.771. The Morgan fingerprint density at radius 1 is 1.00 bits per heavy atom. The van der Waals surface area contributed by atoms with Crippen LogP contribution in [0.5, 0.6) is 0 Å². The van der Waals surface area contributed by atoms with Crippen LogP contribution < -0.4 is 0 Å². The van der Waals surface area contributed by atoms with E-state index in [2.05, 4.69) is 46.4 Å². The standard InChI is InChI=1S/C35H49NO3/c1-10-11-12-27(38)35-17-15-30(2,3)20-22(35)28-24(37)19-26-32(6)21-23(36-9)29(39)31(4,5)25(32)13-14-33(26,7)34(28,8)16-18-35/h19,21-22,25,28H,10-18,20H2,1-8H3/t22-,25-,28-,32-,33+,34+,35-/m0/s1. The summed E-state index contributed by atoms with van der Waals surface area (Å²) in [6.07, 6.45) is 12.9. The van der Waals surface area contributed by atoms with E-state index < -0.39 is 10.8 Å². The SMILES string of the molecule is [C-]#[N+]C1=C[C@]2(C)C3=CC(=O)[C@@H]4[C@@H]5CC(C)(C)CC[C@]5(C(=O)CCCC)CC[C@@]4(C)[C@]3(C)CC[C@H]2C(C)(C)C1=O. The third-order valence-corrected chi connectivity index (χ3v) is 13.2. The molecule has 212 valence electrons. The van der Waals surface area contributed by atoms with Crippen LogP contribution in [-0.2, 0) is 14.4 Å². The summed E-state index contributed by atoms with van der Waals surface area (Å²) in [7, 11) is 0. The maximum atomic E-state index is 14.5. The van der Waals surface area contributed by atoms with E-state index in [-0.39, 0.29) is 56.7 Å². The third kappa shape index (κ3) is 3.63. The zero-order chi connectivity index (χ0) is 28.8. The van der Waals surface area contributed by atoms with Crippen molar-refractivity contribution in [2.75, 3.05) is 0 Å². The molecule has 5 aliphatic rings. The first kappa shape index (κ1) is 28.5. The molecule has 0 amide bonds. The molecule has 0 bridgehead atoms. The maximum Gasteiger partial charge on any atom is 0.226 e. The lowest BCUT2D eigenvalue weighted by Gasteiger charge is -2.69. The molecular weight excluding hydrogens is 482 g/mol. The predicted molar refractivity (Wildman–Crippen MR) is 154 cm³/mol. The normalized spacial score (nSPS) is 44.0. The summed E-state index contributed by atoms with van der Waals surface area (Å²) in [6, 6.07) is 0. The van der Waals surface area contributed by atoms with Crippen LogP contribution >= 0.6 is 0 Å². The molecule has 0 spiro atoms. The van der Waals surface area contributed by atoms with Crippen molar-refractivity contribution in [3.8, 4) is 0 Å². The number of unbranched alkanes of at least 4 members (excludes halogenated alkanes) is 1. The van der Waals surface area contributed by atoms with E-state index in [1.54, 1.807) is 0 Å². The minimum absolute atomic E-state index is 0.0576. The summed E-state index contributed by atoms with van der Waals surface area (Å²) in [5.41, 5.74) is -0.530. The van der Waals surface area contributed by atoms with Gasteiger partial charge < -0.3 is 4.79 Å². The highest BCUT2D eigenvalue weighted by Crippen LogP contribution is 2.74. The van der Waals surface area contributed by atoms with E-state index in [1.807, 2.05) is 26.0 Å². The Balaban J connectivity index is 1.67. The van der Waals surface area contributed by atoms with E-state index in [1.165, 1.54) is 0 Å². The van der Waals surface area contributed by atoms with Crippen LogP contribution in [0.4, 0.5) is 0 Å². The van der Waals surface area contributed by atoms with Gasteiger partial charge in [0.25, 0.3) is 0 Å². The van der Waals surface area contributed by atoms with Gasteiger partial charge in [0.15, 0.2) is 11.6 Å². The first-order valence-electron chi connectivity index (χ1n) is 15.5. The minimum atomic E-state index is -0.646. The summed E-state index contributed by atoms with van der Waals surface area (Å²) in [5.74, 6) is 0.514. The van der Waals surface area contributed by atoms with Crippen LogP contribution in [0, 0.1) is 56.8 Å². The summed E-state index contributed by atoms with van der Waals surface area (Å²) < 4.78 is 0. The first-order chi connectivity index (χ1) is 18.0. The van der Waals surface area contributed by atoms with Gasteiger partial charge in [-0.05, 0) is 85.5 Å². The Kier molecular flexibility index (Phi) is 6.39. The maximum absolute atomic E-state index is 14.5.